The first kappa shape index (κ1) is 15.6. The number of aryl methyl sites for hydroxylation is 1. The third-order valence-electron chi connectivity index (χ3n) is 2.82. The van der Waals surface area contributed by atoms with Crippen LogP contribution in [0.1, 0.15) is 16.8 Å². The van der Waals surface area contributed by atoms with E-state index < -0.39 is 18.3 Å². The van der Waals surface area contributed by atoms with Crippen LogP contribution in [-0.4, -0.2) is 4.98 Å². The summed E-state index contributed by atoms with van der Waals surface area (Å²) < 4.78 is 49.0. The molecule has 1 aromatic heterocycles. The molecule has 0 fully saturated rings. The van der Waals surface area contributed by atoms with Crippen LogP contribution in [0.5, 0.6) is 11.6 Å². The predicted octanol–water partition coefficient (Wildman–Crippen LogP) is 3.85. The summed E-state index contributed by atoms with van der Waals surface area (Å²) in [5, 5.41) is 8.55. The van der Waals surface area contributed by atoms with Gasteiger partial charge in [-0.05, 0) is 25.1 Å². The van der Waals surface area contributed by atoms with E-state index in [0.29, 0.717) is 5.69 Å². The van der Waals surface area contributed by atoms with E-state index in [-0.39, 0.29) is 17.2 Å². The minimum atomic E-state index is -4.58. The molecular weight excluding hydrogens is 297 g/mol. The number of alkyl halides is 3. The number of halogens is 3. The van der Waals surface area contributed by atoms with Gasteiger partial charge >= 0.3 is 6.18 Å². The molecule has 114 valence electrons. The lowest BCUT2D eigenvalue weighted by molar-refractivity contribution is -0.138. The Morgan fingerprint density at radius 2 is 1.91 bits per heavy atom. The number of hydrogen-bond donors (Lipinski definition) is 0. The topological polar surface area (TPSA) is 55.1 Å². The first-order valence-corrected chi connectivity index (χ1v) is 6.23. The summed E-state index contributed by atoms with van der Waals surface area (Å²) in [6, 6.07) is 8.31. The Morgan fingerprint density at radius 3 is 2.55 bits per heavy atom. The van der Waals surface area contributed by atoms with Gasteiger partial charge in [0.25, 0.3) is 6.26 Å². The highest BCUT2D eigenvalue weighted by Gasteiger charge is 2.35. The highest BCUT2D eigenvalue weighted by molar-refractivity contribution is 5.42. The second kappa shape index (κ2) is 6.35. The number of ether oxygens (including phenoxy) is 2. The van der Waals surface area contributed by atoms with Crippen LogP contribution >= 0.6 is 0 Å². The first-order valence-electron chi connectivity index (χ1n) is 6.23. The van der Waals surface area contributed by atoms with Gasteiger partial charge in [0, 0.05) is 17.3 Å². The number of rotatable bonds is 4. The van der Waals surface area contributed by atoms with Crippen LogP contribution in [0.4, 0.5) is 13.2 Å². The highest BCUT2D eigenvalue weighted by atomic mass is 19.4. The number of hydrogen-bond acceptors (Lipinski definition) is 4. The first-order chi connectivity index (χ1) is 10.4. The molecule has 1 aromatic carbocycles. The fraction of sp³-hybridized carbons (Fsp3) is 0.200. The average molecular weight is 308 g/mol. The number of pyridine rings is 1. The van der Waals surface area contributed by atoms with Crippen molar-refractivity contribution in [1.82, 2.24) is 4.98 Å². The minimum absolute atomic E-state index is 0.190. The number of nitrogens with zero attached hydrogens (tertiary/aromatic N) is 2. The van der Waals surface area contributed by atoms with Crippen LogP contribution in [-0.2, 0) is 12.8 Å². The molecule has 0 aliphatic rings. The van der Waals surface area contributed by atoms with Crippen molar-refractivity contribution in [3.8, 4) is 17.9 Å². The number of aromatic nitrogens is 1. The molecule has 0 N–H and O–H groups in total. The van der Waals surface area contributed by atoms with Gasteiger partial charge in [-0.15, -0.1) is 5.26 Å². The maximum atomic E-state index is 13.0. The number of benzene rings is 1. The van der Waals surface area contributed by atoms with Crippen molar-refractivity contribution in [2.75, 3.05) is 0 Å². The maximum Gasteiger partial charge on any atom is 0.416 e. The molecule has 0 spiro atoms. The standard InChI is InChI=1S/C15H11F3N2O2/c1-10-4-2-7-14(20-10)21-8-11-12(15(16,17)18)5-3-6-13(11)22-9-19/h2-7H,8H2,1H3. The SMILES string of the molecule is Cc1cccc(OCc2c(OC#N)cccc2C(F)(F)F)n1. The van der Waals surface area contributed by atoms with Crippen LogP contribution in [0.2, 0.25) is 0 Å². The smallest absolute Gasteiger partial charge is 0.416 e. The van der Waals surface area contributed by atoms with Crippen molar-refractivity contribution in [1.29, 1.82) is 5.26 Å². The van der Waals surface area contributed by atoms with E-state index in [1.807, 2.05) is 0 Å². The lowest BCUT2D eigenvalue weighted by atomic mass is 10.1. The second-order valence-electron chi connectivity index (χ2n) is 4.38. The van der Waals surface area contributed by atoms with Crippen molar-refractivity contribution >= 4 is 0 Å². The molecule has 0 saturated carbocycles. The van der Waals surface area contributed by atoms with Crippen molar-refractivity contribution in [3.05, 3.63) is 53.2 Å². The second-order valence-corrected chi connectivity index (χ2v) is 4.38. The maximum absolute atomic E-state index is 13.0. The van der Waals surface area contributed by atoms with Crippen LogP contribution in [0.25, 0.3) is 0 Å². The molecule has 1 heterocycles. The normalized spacial score (nSPS) is 10.9. The average Bonchev–Trinajstić information content (AvgIpc) is 2.45. The molecule has 0 unspecified atom stereocenters. The molecular formula is C15H11F3N2O2. The van der Waals surface area contributed by atoms with Gasteiger partial charge in [-0.2, -0.15) is 13.2 Å². The Kier molecular flexibility index (Phi) is 4.51. The van der Waals surface area contributed by atoms with Crippen LogP contribution < -0.4 is 9.47 Å². The molecule has 0 radical (unpaired) electrons. The van der Waals surface area contributed by atoms with E-state index in [0.717, 1.165) is 6.07 Å². The predicted molar refractivity (Wildman–Crippen MR) is 71.0 cm³/mol. The van der Waals surface area contributed by atoms with Gasteiger partial charge in [-0.1, -0.05) is 12.1 Å². The Morgan fingerprint density at radius 1 is 1.18 bits per heavy atom. The van der Waals surface area contributed by atoms with E-state index >= 15 is 0 Å². The highest BCUT2D eigenvalue weighted by Crippen LogP contribution is 2.36. The molecule has 0 atom stereocenters. The summed E-state index contributed by atoms with van der Waals surface area (Å²) in [5.41, 5.74) is -0.483. The van der Waals surface area contributed by atoms with Crippen LogP contribution in [0.3, 0.4) is 0 Å². The van der Waals surface area contributed by atoms with Crippen LogP contribution in [0.15, 0.2) is 36.4 Å². The zero-order valence-electron chi connectivity index (χ0n) is 11.5. The molecule has 22 heavy (non-hydrogen) atoms. The molecule has 0 amide bonds. The van der Waals surface area contributed by atoms with E-state index in [1.54, 1.807) is 19.1 Å². The largest absolute Gasteiger partial charge is 0.473 e. The molecule has 0 aliphatic carbocycles. The lowest BCUT2D eigenvalue weighted by Gasteiger charge is -2.15. The molecule has 2 aromatic rings. The van der Waals surface area contributed by atoms with E-state index in [9.17, 15) is 13.2 Å². The molecule has 0 saturated heterocycles. The Hall–Kier alpha value is -2.75. The van der Waals surface area contributed by atoms with Crippen molar-refractivity contribution < 1.29 is 22.6 Å². The Balaban J connectivity index is 2.33. The van der Waals surface area contributed by atoms with Gasteiger partial charge in [-0.3, -0.25) is 0 Å². The van der Waals surface area contributed by atoms with E-state index in [2.05, 4.69) is 9.72 Å². The zero-order valence-corrected chi connectivity index (χ0v) is 11.5. The van der Waals surface area contributed by atoms with E-state index in [1.165, 1.54) is 24.5 Å². The minimum Gasteiger partial charge on any atom is -0.473 e. The zero-order chi connectivity index (χ0) is 16.2. The fourth-order valence-electron chi connectivity index (χ4n) is 1.87. The molecule has 4 nitrogen and oxygen atoms in total. The van der Waals surface area contributed by atoms with Gasteiger partial charge in [-0.25, -0.2) is 4.98 Å². The van der Waals surface area contributed by atoms with Gasteiger partial charge in [0.15, 0.2) is 0 Å². The molecule has 0 bridgehead atoms. The monoisotopic (exact) mass is 308 g/mol. The fourth-order valence-corrected chi connectivity index (χ4v) is 1.87. The van der Waals surface area contributed by atoms with Crippen molar-refractivity contribution in [2.24, 2.45) is 0 Å². The summed E-state index contributed by atoms with van der Waals surface area (Å²) in [6.45, 7) is 1.32. The lowest BCUT2D eigenvalue weighted by Crippen LogP contribution is -2.12. The van der Waals surface area contributed by atoms with Gasteiger partial charge in [0.1, 0.15) is 12.4 Å². The van der Waals surface area contributed by atoms with E-state index in [4.69, 9.17) is 10.00 Å². The third kappa shape index (κ3) is 3.67. The molecule has 2 rings (SSSR count). The summed E-state index contributed by atoms with van der Waals surface area (Å²) >= 11 is 0. The van der Waals surface area contributed by atoms with Gasteiger partial charge in [0.2, 0.25) is 5.88 Å². The third-order valence-corrected chi connectivity index (χ3v) is 2.82. The molecule has 0 aliphatic heterocycles. The van der Waals surface area contributed by atoms with Gasteiger partial charge < -0.3 is 9.47 Å². The summed E-state index contributed by atoms with van der Waals surface area (Å²) in [7, 11) is 0. The van der Waals surface area contributed by atoms with Gasteiger partial charge in [0.05, 0.1) is 5.56 Å². The number of nitriles is 1. The Bertz CT molecular complexity index is 709. The quantitative estimate of drug-likeness (QED) is 0.805. The molecule has 7 heteroatoms. The van der Waals surface area contributed by atoms with Crippen molar-refractivity contribution in [3.63, 3.8) is 0 Å². The summed E-state index contributed by atoms with van der Waals surface area (Å²) in [4.78, 5) is 4.05. The summed E-state index contributed by atoms with van der Waals surface area (Å²) in [5.74, 6) is 0.00450. The Labute approximate surface area is 124 Å². The van der Waals surface area contributed by atoms with Crippen molar-refractivity contribution in [2.45, 2.75) is 19.7 Å². The van der Waals surface area contributed by atoms with Crippen LogP contribution in [0, 0.1) is 18.4 Å². The summed E-state index contributed by atoms with van der Waals surface area (Å²) in [6.07, 6.45) is -3.20.